The van der Waals surface area contributed by atoms with Gasteiger partial charge in [0.25, 0.3) is 5.91 Å². The number of hydrogen-bond donors (Lipinski definition) is 2. The summed E-state index contributed by atoms with van der Waals surface area (Å²) in [6, 6.07) is 7.74. The summed E-state index contributed by atoms with van der Waals surface area (Å²) in [5, 5.41) is 9.82. The average molecular weight is 640 g/mol. The van der Waals surface area contributed by atoms with Crippen molar-refractivity contribution in [1.82, 2.24) is 14.8 Å². The minimum atomic E-state index is -0.838. The van der Waals surface area contributed by atoms with Crippen molar-refractivity contribution in [1.29, 1.82) is 0 Å². The third-order valence-electron chi connectivity index (χ3n) is 10.4. The third-order valence-corrected chi connectivity index (χ3v) is 13.0. The molecule has 1 aromatic carbocycles. The van der Waals surface area contributed by atoms with Crippen LogP contribution < -0.4 is 9.61 Å². The zero-order valence-corrected chi connectivity index (χ0v) is 26.1. The molecule has 1 aromatic heterocycles. The van der Waals surface area contributed by atoms with Gasteiger partial charge in [-0.3, -0.25) is 28.9 Å². The predicted molar refractivity (Wildman–Crippen MR) is 164 cm³/mol. The number of benzene rings is 1. The predicted octanol–water partition coefficient (Wildman–Crippen LogP) is 3.95. The van der Waals surface area contributed by atoms with Crippen LogP contribution in [-0.4, -0.2) is 75.1 Å². The molecule has 7 rings (SSSR count). The minimum Gasteiger partial charge on any atom is -0.483 e. The van der Waals surface area contributed by atoms with Gasteiger partial charge in [-0.05, 0) is 62.3 Å². The lowest BCUT2D eigenvalue weighted by Crippen LogP contribution is -2.43. The first-order chi connectivity index (χ1) is 21.3. The number of carbonyl (C=O) groups is 4. The van der Waals surface area contributed by atoms with Crippen LogP contribution in [0.3, 0.4) is 0 Å². The Hall–Kier alpha value is -3.12. The molecule has 2 N–H and O–H groups in total. The van der Waals surface area contributed by atoms with E-state index >= 15 is 0 Å². The second-order valence-electron chi connectivity index (χ2n) is 12.8. The first-order valence-electron chi connectivity index (χ1n) is 15.8. The van der Waals surface area contributed by atoms with Gasteiger partial charge in [-0.25, -0.2) is 0 Å². The van der Waals surface area contributed by atoms with Gasteiger partial charge in [0.2, 0.25) is 11.8 Å². The van der Waals surface area contributed by atoms with E-state index in [1.807, 2.05) is 29.2 Å². The summed E-state index contributed by atoms with van der Waals surface area (Å²) in [6.45, 7) is 1.80. The second kappa shape index (κ2) is 12.0. The quantitative estimate of drug-likeness (QED) is 0.295. The largest absolute Gasteiger partial charge is 0.483 e. The fraction of sp³-hybridized carbons (Fsp3) is 0.594. The first kappa shape index (κ1) is 29.6. The summed E-state index contributed by atoms with van der Waals surface area (Å²) < 4.78 is 6.23. The number of amides is 3. The number of likely N-dealkylation sites (tertiary alicyclic amines) is 2. The highest BCUT2D eigenvalue weighted by molar-refractivity contribution is 8.00. The third kappa shape index (κ3) is 5.07. The van der Waals surface area contributed by atoms with Crippen LogP contribution in [0.1, 0.15) is 67.7 Å². The van der Waals surface area contributed by atoms with Gasteiger partial charge in [-0.15, -0.1) is 11.8 Å². The smallest absolute Gasteiger partial charge is 0.305 e. The highest BCUT2D eigenvalue weighted by Gasteiger charge is 2.69. The van der Waals surface area contributed by atoms with E-state index in [1.165, 1.54) is 16.2 Å². The lowest BCUT2D eigenvalue weighted by Gasteiger charge is -2.43. The number of para-hydroxylation sites is 1. The molecule has 4 fully saturated rings. The molecule has 2 bridgehead atoms. The Kier molecular flexibility index (Phi) is 8.07. The van der Waals surface area contributed by atoms with Crippen LogP contribution in [0, 0.1) is 29.6 Å². The molecule has 5 aliphatic rings. The zero-order valence-electron chi connectivity index (χ0n) is 24.4. The number of aromatic amines is 1. The summed E-state index contributed by atoms with van der Waals surface area (Å²) in [4.78, 5) is 71.1. The van der Waals surface area contributed by atoms with Crippen LogP contribution in [0.15, 0.2) is 34.1 Å². The van der Waals surface area contributed by atoms with Gasteiger partial charge >= 0.3 is 10.8 Å². The molecule has 2 aliphatic carbocycles. The molecule has 6 unspecified atom stereocenters. The van der Waals surface area contributed by atoms with Gasteiger partial charge in [-0.2, -0.15) is 0 Å². The molecular formula is C32H37N3O7S2. The molecule has 2 aromatic rings. The molecule has 234 valence electrons. The summed E-state index contributed by atoms with van der Waals surface area (Å²) in [5.74, 6) is -1.27. The summed E-state index contributed by atoms with van der Waals surface area (Å²) in [7, 11) is 0. The number of piperidine rings is 1. The molecule has 2 saturated carbocycles. The molecule has 4 heterocycles. The number of aliphatic carboxylic acids is 1. The number of aromatic nitrogens is 1. The Balaban J connectivity index is 1.15. The molecule has 10 nitrogen and oxygen atoms in total. The van der Waals surface area contributed by atoms with Crippen molar-refractivity contribution in [3.05, 3.63) is 44.4 Å². The molecule has 3 aliphatic heterocycles. The van der Waals surface area contributed by atoms with Crippen molar-refractivity contribution >= 4 is 46.8 Å². The highest BCUT2D eigenvalue weighted by atomic mass is 32.2. The Bertz CT molecular complexity index is 1530. The maximum atomic E-state index is 13.8. The van der Waals surface area contributed by atoms with E-state index in [-0.39, 0.29) is 76.4 Å². The van der Waals surface area contributed by atoms with E-state index in [2.05, 4.69) is 4.98 Å². The SMILES string of the molecule is O=C(O)CCCCCN1C(=O)C2C3CC(C2C1=O)C1C3Sc2[nH]c(=O)sc2[C@@H]1c1ccccc1OCC(=O)N1CCCCC1. The topological polar surface area (TPSA) is 137 Å². The summed E-state index contributed by atoms with van der Waals surface area (Å²) >= 11 is 2.85. The molecule has 0 spiro atoms. The number of ether oxygens (including phenoxy) is 1. The number of thioether (sulfide) groups is 1. The minimum absolute atomic E-state index is 0.00523. The zero-order chi connectivity index (χ0) is 30.5. The number of carboxylic acids is 1. The van der Waals surface area contributed by atoms with Crippen molar-refractivity contribution in [3.63, 3.8) is 0 Å². The van der Waals surface area contributed by atoms with Gasteiger partial charge in [0.15, 0.2) is 6.61 Å². The van der Waals surface area contributed by atoms with E-state index < -0.39 is 5.97 Å². The number of thiazole rings is 1. The normalized spacial score (nSPS) is 30.3. The number of rotatable bonds is 10. The fourth-order valence-electron chi connectivity index (χ4n) is 8.61. The summed E-state index contributed by atoms with van der Waals surface area (Å²) in [5.41, 5.74) is 0.918. The Labute approximate surface area is 263 Å². The van der Waals surface area contributed by atoms with E-state index in [4.69, 9.17) is 9.84 Å². The maximum absolute atomic E-state index is 13.8. The number of nitrogens with zero attached hydrogens (tertiary/aromatic N) is 2. The van der Waals surface area contributed by atoms with Crippen LogP contribution in [0.4, 0.5) is 0 Å². The number of unbranched alkanes of at least 4 members (excludes halogenated alkanes) is 2. The molecule has 7 atom stereocenters. The fourth-order valence-corrected chi connectivity index (χ4v) is 11.5. The number of nitrogens with one attached hydrogen (secondary N) is 1. The van der Waals surface area contributed by atoms with Crippen molar-refractivity contribution in [2.45, 2.75) is 67.6 Å². The molecule has 44 heavy (non-hydrogen) atoms. The van der Waals surface area contributed by atoms with E-state index in [0.717, 1.165) is 54.2 Å². The standard InChI is InChI=1S/C32H37N3O7S2/c36-21(34-12-6-2-7-13-34)16-42-20-10-5-4-9-17(20)23-24-18-15-19(27(24)43-29-28(23)44-32(41)33-29)26-25(18)30(39)35(31(26)40)14-8-1-3-11-22(37)38/h4-5,9-10,18-19,23-27H,1-3,6-8,11-16H2,(H,33,41)(H,37,38)/t18?,19?,23-,24?,25?,26?,27?/m1/s1. The van der Waals surface area contributed by atoms with Gasteiger partial charge < -0.3 is 19.7 Å². The van der Waals surface area contributed by atoms with E-state index in [9.17, 15) is 24.0 Å². The first-order valence-corrected chi connectivity index (χ1v) is 17.5. The lowest BCUT2D eigenvalue weighted by molar-refractivity contribution is -0.141. The Morgan fingerprint density at radius 2 is 1.73 bits per heavy atom. The number of imide groups is 1. The number of hydrogen-bond acceptors (Lipinski definition) is 8. The average Bonchev–Trinajstić information content (AvgIpc) is 3.76. The second-order valence-corrected chi connectivity index (χ2v) is 15.0. The number of H-pyrrole nitrogens is 1. The van der Waals surface area contributed by atoms with E-state index in [0.29, 0.717) is 31.6 Å². The van der Waals surface area contributed by atoms with Gasteiger partial charge in [0.05, 0.1) is 16.9 Å². The molecule has 2 saturated heterocycles. The molecular weight excluding hydrogens is 603 g/mol. The number of carbonyl (C=O) groups excluding carboxylic acids is 3. The van der Waals surface area contributed by atoms with Gasteiger partial charge in [-0.1, -0.05) is 36.0 Å². The van der Waals surface area contributed by atoms with Crippen LogP contribution in [0.5, 0.6) is 5.75 Å². The van der Waals surface area contributed by atoms with Gasteiger partial charge in [0.1, 0.15) is 5.75 Å². The van der Waals surface area contributed by atoms with Crippen LogP contribution in [-0.2, 0) is 19.2 Å². The molecule has 12 heteroatoms. The van der Waals surface area contributed by atoms with Crippen molar-refractivity contribution in [2.24, 2.45) is 29.6 Å². The van der Waals surface area contributed by atoms with Crippen LogP contribution >= 0.6 is 23.1 Å². The summed E-state index contributed by atoms with van der Waals surface area (Å²) in [6.07, 6.45) is 5.82. The lowest BCUT2D eigenvalue weighted by atomic mass is 9.68. The van der Waals surface area contributed by atoms with Crippen molar-refractivity contribution < 1.29 is 29.0 Å². The van der Waals surface area contributed by atoms with Crippen molar-refractivity contribution in [3.8, 4) is 5.75 Å². The van der Waals surface area contributed by atoms with E-state index in [1.54, 1.807) is 11.8 Å². The molecule has 0 radical (unpaired) electrons. The molecule has 3 amide bonds. The Morgan fingerprint density at radius 1 is 0.977 bits per heavy atom. The highest BCUT2D eigenvalue weighted by Crippen LogP contribution is 2.69. The van der Waals surface area contributed by atoms with Gasteiger partial charge in [0, 0.05) is 47.7 Å². The Morgan fingerprint density at radius 3 is 2.50 bits per heavy atom. The maximum Gasteiger partial charge on any atom is 0.305 e. The monoisotopic (exact) mass is 639 g/mol. The van der Waals surface area contributed by atoms with Crippen LogP contribution in [0.25, 0.3) is 0 Å². The van der Waals surface area contributed by atoms with Crippen LogP contribution in [0.2, 0.25) is 0 Å². The van der Waals surface area contributed by atoms with Crippen molar-refractivity contribution in [2.75, 3.05) is 26.2 Å². The number of carboxylic acid groups (broad SMARTS) is 1. The number of fused-ring (bicyclic) bond motifs is 9.